The van der Waals surface area contributed by atoms with Crippen LogP contribution in [0, 0.1) is 5.92 Å². The predicted molar refractivity (Wildman–Crippen MR) is 124 cm³/mol. The van der Waals surface area contributed by atoms with Crippen molar-refractivity contribution in [2.45, 2.75) is 33.7 Å². The molecule has 0 fully saturated rings. The van der Waals surface area contributed by atoms with Crippen LogP contribution in [0.1, 0.15) is 32.8 Å². The van der Waals surface area contributed by atoms with E-state index in [4.69, 9.17) is 19.3 Å². The number of nitrogens with one attached hydrogen (secondary N) is 2. The summed E-state index contributed by atoms with van der Waals surface area (Å²) in [7, 11) is 1.60. The fourth-order valence-electron chi connectivity index (χ4n) is 2.30. The van der Waals surface area contributed by atoms with Gasteiger partial charge in [-0.3, -0.25) is 0 Å². The van der Waals surface area contributed by atoms with Crippen LogP contribution in [0.5, 0.6) is 11.5 Å². The van der Waals surface area contributed by atoms with E-state index in [0.717, 1.165) is 44.2 Å². The van der Waals surface area contributed by atoms with Gasteiger partial charge in [0.1, 0.15) is 6.61 Å². The number of rotatable bonds is 13. The number of methoxy groups -OCH3 is 1. The van der Waals surface area contributed by atoms with Crippen molar-refractivity contribution in [2.75, 3.05) is 46.6 Å². The molecule has 0 saturated carbocycles. The van der Waals surface area contributed by atoms with Gasteiger partial charge in [-0.05, 0) is 37.0 Å². The van der Waals surface area contributed by atoms with Crippen molar-refractivity contribution in [1.29, 1.82) is 0 Å². The third kappa shape index (κ3) is 11.6. The van der Waals surface area contributed by atoms with E-state index in [9.17, 15) is 0 Å². The minimum Gasteiger partial charge on any atom is -0.493 e. The molecule has 0 aliphatic rings. The van der Waals surface area contributed by atoms with Gasteiger partial charge in [-0.25, -0.2) is 4.99 Å². The second-order valence-electron chi connectivity index (χ2n) is 6.50. The summed E-state index contributed by atoms with van der Waals surface area (Å²) in [5.41, 5.74) is 1.01. The maximum Gasteiger partial charge on any atom is 0.191 e. The largest absolute Gasteiger partial charge is 0.493 e. The Morgan fingerprint density at radius 1 is 1.18 bits per heavy atom. The Balaban J connectivity index is 0.00000729. The molecule has 7 nitrogen and oxygen atoms in total. The maximum absolute atomic E-state index is 8.88. The molecule has 28 heavy (non-hydrogen) atoms. The van der Waals surface area contributed by atoms with Crippen molar-refractivity contribution < 1.29 is 19.3 Å². The third-order valence-corrected chi connectivity index (χ3v) is 3.55. The first kappa shape index (κ1) is 26.7. The number of aliphatic hydroxyl groups is 1. The highest BCUT2D eigenvalue weighted by Crippen LogP contribution is 2.28. The molecule has 0 bridgehead atoms. The molecule has 0 radical (unpaired) electrons. The van der Waals surface area contributed by atoms with Gasteiger partial charge in [0.2, 0.25) is 0 Å². The first-order chi connectivity index (χ1) is 13.1. The Bertz CT molecular complexity index is 556. The molecule has 0 spiro atoms. The van der Waals surface area contributed by atoms with Crippen LogP contribution < -0.4 is 20.1 Å². The molecule has 1 aromatic carbocycles. The minimum absolute atomic E-state index is 0. The fourth-order valence-corrected chi connectivity index (χ4v) is 2.30. The molecule has 162 valence electrons. The van der Waals surface area contributed by atoms with E-state index in [1.165, 1.54) is 0 Å². The van der Waals surface area contributed by atoms with Crippen LogP contribution >= 0.6 is 24.0 Å². The van der Waals surface area contributed by atoms with Crippen LogP contribution in [0.3, 0.4) is 0 Å². The number of aliphatic hydroxyl groups excluding tert-OH is 1. The summed E-state index contributed by atoms with van der Waals surface area (Å²) in [4.78, 5) is 4.61. The van der Waals surface area contributed by atoms with Crippen molar-refractivity contribution >= 4 is 29.9 Å². The maximum atomic E-state index is 8.88. The van der Waals surface area contributed by atoms with Crippen LogP contribution in [-0.4, -0.2) is 57.7 Å². The van der Waals surface area contributed by atoms with Crippen molar-refractivity contribution in [2.24, 2.45) is 10.9 Å². The molecule has 0 heterocycles. The zero-order valence-corrected chi connectivity index (χ0v) is 19.8. The molecule has 3 N–H and O–H groups in total. The highest BCUT2D eigenvalue weighted by molar-refractivity contribution is 14.0. The quantitative estimate of drug-likeness (QED) is 0.164. The summed E-state index contributed by atoms with van der Waals surface area (Å²) in [5, 5.41) is 15.4. The van der Waals surface area contributed by atoms with Crippen LogP contribution in [0.15, 0.2) is 23.2 Å². The molecule has 0 saturated heterocycles. The number of guanidine groups is 1. The van der Waals surface area contributed by atoms with E-state index >= 15 is 0 Å². The van der Waals surface area contributed by atoms with Gasteiger partial charge in [-0.1, -0.05) is 19.9 Å². The van der Waals surface area contributed by atoms with Gasteiger partial charge in [0.25, 0.3) is 0 Å². The van der Waals surface area contributed by atoms with Crippen LogP contribution in [0.25, 0.3) is 0 Å². The molecular weight excluding hydrogens is 473 g/mol. The van der Waals surface area contributed by atoms with Gasteiger partial charge in [0.05, 0.1) is 20.3 Å². The number of nitrogens with zero attached hydrogens (tertiary/aromatic N) is 1. The molecular formula is C20H36IN3O4. The number of benzene rings is 1. The van der Waals surface area contributed by atoms with E-state index in [1.807, 2.05) is 25.1 Å². The Morgan fingerprint density at radius 2 is 1.96 bits per heavy atom. The first-order valence-corrected chi connectivity index (χ1v) is 9.61. The Labute approximate surface area is 186 Å². The second kappa shape index (κ2) is 16.7. The third-order valence-electron chi connectivity index (χ3n) is 3.55. The molecule has 0 aliphatic carbocycles. The fraction of sp³-hybridized carbons (Fsp3) is 0.650. The second-order valence-corrected chi connectivity index (χ2v) is 6.50. The molecule has 0 atom stereocenters. The summed E-state index contributed by atoms with van der Waals surface area (Å²) in [5.74, 6) is 2.59. The number of halogens is 1. The number of aliphatic imine (C=N–C) groups is 1. The molecule has 0 aliphatic heterocycles. The Hall–Kier alpha value is -1.26. The normalized spacial score (nSPS) is 11.1. The topological polar surface area (TPSA) is 84.3 Å². The predicted octanol–water partition coefficient (Wildman–Crippen LogP) is 2.80. The number of hydrogen-bond acceptors (Lipinski definition) is 5. The average Bonchev–Trinajstić information content (AvgIpc) is 2.66. The molecule has 0 unspecified atom stereocenters. The molecule has 0 aromatic heterocycles. The SMILES string of the molecule is CCNC(=NCc1ccc(OCCO)c(OC)c1)NCCCOCC(C)C.I. The summed E-state index contributed by atoms with van der Waals surface area (Å²) in [6.45, 7) is 10.2. The van der Waals surface area contributed by atoms with E-state index < -0.39 is 0 Å². The standard InChI is InChI=1S/C20H35N3O4.HI/c1-5-21-20(22-9-6-11-26-15-16(2)3)23-14-17-7-8-18(27-12-10-24)19(13-17)25-4;/h7-8,13,16,24H,5-6,9-12,14-15H2,1-4H3,(H2,21,22,23);1H. The van der Waals surface area contributed by atoms with Gasteiger partial charge in [-0.15, -0.1) is 24.0 Å². The highest BCUT2D eigenvalue weighted by Gasteiger charge is 2.06. The number of ether oxygens (including phenoxy) is 3. The summed E-state index contributed by atoms with van der Waals surface area (Å²) in [6.07, 6.45) is 0.932. The smallest absolute Gasteiger partial charge is 0.191 e. The lowest BCUT2D eigenvalue weighted by atomic mass is 10.2. The lowest BCUT2D eigenvalue weighted by Gasteiger charge is -2.13. The van der Waals surface area contributed by atoms with Gasteiger partial charge >= 0.3 is 0 Å². The van der Waals surface area contributed by atoms with E-state index in [-0.39, 0.29) is 37.2 Å². The molecule has 1 aromatic rings. The van der Waals surface area contributed by atoms with Crippen LogP contribution in [0.2, 0.25) is 0 Å². The van der Waals surface area contributed by atoms with Crippen molar-refractivity contribution in [3.63, 3.8) is 0 Å². The van der Waals surface area contributed by atoms with E-state index in [0.29, 0.717) is 24.0 Å². The van der Waals surface area contributed by atoms with Gasteiger partial charge in [0.15, 0.2) is 17.5 Å². The van der Waals surface area contributed by atoms with Crippen molar-refractivity contribution in [1.82, 2.24) is 10.6 Å². The Kier molecular flexibility index (Phi) is 15.9. The monoisotopic (exact) mass is 509 g/mol. The summed E-state index contributed by atoms with van der Waals surface area (Å²) >= 11 is 0. The van der Waals surface area contributed by atoms with Crippen LogP contribution in [-0.2, 0) is 11.3 Å². The molecule has 1 rings (SSSR count). The van der Waals surface area contributed by atoms with Gasteiger partial charge in [-0.2, -0.15) is 0 Å². The highest BCUT2D eigenvalue weighted by atomic mass is 127. The lowest BCUT2D eigenvalue weighted by Crippen LogP contribution is -2.38. The zero-order valence-electron chi connectivity index (χ0n) is 17.5. The first-order valence-electron chi connectivity index (χ1n) is 9.61. The average molecular weight is 509 g/mol. The minimum atomic E-state index is -0.0323. The number of hydrogen-bond donors (Lipinski definition) is 3. The van der Waals surface area contributed by atoms with Crippen molar-refractivity contribution in [3.05, 3.63) is 23.8 Å². The summed E-state index contributed by atoms with van der Waals surface area (Å²) in [6, 6.07) is 5.69. The van der Waals surface area contributed by atoms with Crippen molar-refractivity contribution in [3.8, 4) is 11.5 Å². The molecule has 8 heteroatoms. The molecule has 0 amide bonds. The summed E-state index contributed by atoms with van der Waals surface area (Å²) < 4.78 is 16.4. The Morgan fingerprint density at radius 3 is 2.61 bits per heavy atom. The zero-order chi connectivity index (χ0) is 19.9. The van der Waals surface area contributed by atoms with Crippen LogP contribution in [0.4, 0.5) is 0 Å². The van der Waals surface area contributed by atoms with Gasteiger partial charge in [0, 0.05) is 26.3 Å². The van der Waals surface area contributed by atoms with Gasteiger partial charge < -0.3 is 30.0 Å². The lowest BCUT2D eigenvalue weighted by molar-refractivity contribution is 0.108. The van der Waals surface area contributed by atoms with E-state index in [2.05, 4.69) is 29.5 Å². The van der Waals surface area contributed by atoms with E-state index in [1.54, 1.807) is 7.11 Å².